The van der Waals surface area contributed by atoms with Gasteiger partial charge in [-0.2, -0.15) is 0 Å². The smallest absolute Gasteiger partial charge is 0.0838 e. The predicted molar refractivity (Wildman–Crippen MR) is 74.8 cm³/mol. The summed E-state index contributed by atoms with van der Waals surface area (Å²) < 4.78 is 0. The molecule has 0 bridgehead atoms. The van der Waals surface area contributed by atoms with Crippen LogP contribution in [0.1, 0.15) is 33.2 Å². The van der Waals surface area contributed by atoms with Gasteiger partial charge < -0.3 is 0 Å². The minimum Gasteiger partial charge on any atom is -0.113 e. The summed E-state index contributed by atoms with van der Waals surface area (Å²) in [7, 11) is 0. The average Bonchev–Trinajstić information content (AvgIpc) is 2.32. The molecule has 0 saturated carbocycles. The Morgan fingerprint density at radius 3 is 2.06 bits per heavy atom. The van der Waals surface area contributed by atoms with Crippen LogP contribution in [0.2, 0.25) is 0 Å². The summed E-state index contributed by atoms with van der Waals surface area (Å²) in [6, 6.07) is 14.9. The maximum atomic E-state index is 6.56. The summed E-state index contributed by atoms with van der Waals surface area (Å²) in [5.41, 5.74) is 6.12. The molecule has 2 aromatic carbocycles. The molecule has 88 valence electrons. The Balaban J connectivity index is 2.39. The average molecular weight is 245 g/mol. The Morgan fingerprint density at radius 1 is 0.824 bits per heavy atom. The molecule has 0 fully saturated rings. The summed E-state index contributed by atoms with van der Waals surface area (Å²) >= 11 is 6.56. The van der Waals surface area contributed by atoms with Crippen molar-refractivity contribution in [1.29, 1.82) is 0 Å². The summed E-state index contributed by atoms with van der Waals surface area (Å²) in [6.45, 7) is 6.30. The molecule has 2 aromatic rings. The zero-order valence-corrected chi connectivity index (χ0v) is 11.3. The highest BCUT2D eigenvalue weighted by atomic mass is 35.5. The molecule has 0 aromatic heterocycles. The topological polar surface area (TPSA) is 0 Å². The zero-order valence-electron chi connectivity index (χ0n) is 10.5. The van der Waals surface area contributed by atoms with Gasteiger partial charge in [-0.15, -0.1) is 11.6 Å². The summed E-state index contributed by atoms with van der Waals surface area (Å²) in [6.07, 6.45) is 0. The third kappa shape index (κ3) is 2.70. The van der Waals surface area contributed by atoms with Gasteiger partial charge in [0.1, 0.15) is 0 Å². The minimum absolute atomic E-state index is 0.0597. The Hall–Kier alpha value is -1.27. The number of benzene rings is 2. The molecule has 1 unspecified atom stereocenters. The van der Waals surface area contributed by atoms with E-state index in [1.165, 1.54) is 22.3 Å². The molecule has 0 amide bonds. The Kier molecular flexibility index (Phi) is 3.54. The molecule has 2 rings (SSSR count). The van der Waals surface area contributed by atoms with Crippen molar-refractivity contribution in [2.45, 2.75) is 26.1 Å². The van der Waals surface area contributed by atoms with Gasteiger partial charge >= 0.3 is 0 Å². The van der Waals surface area contributed by atoms with Crippen LogP contribution in [0.25, 0.3) is 0 Å². The first-order chi connectivity index (χ1) is 8.08. The minimum atomic E-state index is -0.0597. The molecule has 1 atom stereocenters. The lowest BCUT2D eigenvalue weighted by molar-refractivity contribution is 1.10. The molecule has 0 spiro atoms. The largest absolute Gasteiger partial charge is 0.113 e. The van der Waals surface area contributed by atoms with Gasteiger partial charge in [-0.3, -0.25) is 0 Å². The van der Waals surface area contributed by atoms with E-state index < -0.39 is 0 Å². The van der Waals surface area contributed by atoms with E-state index in [9.17, 15) is 0 Å². The number of hydrogen-bond donors (Lipinski definition) is 0. The number of aryl methyl sites for hydroxylation is 3. The summed E-state index contributed by atoms with van der Waals surface area (Å²) in [4.78, 5) is 0. The SMILES string of the molecule is Cc1ccc(C(Cl)c2cc(C)ccc2C)cc1. The quantitative estimate of drug-likeness (QED) is 0.657. The first kappa shape index (κ1) is 12.2. The van der Waals surface area contributed by atoms with Gasteiger partial charge in [-0.1, -0.05) is 53.6 Å². The van der Waals surface area contributed by atoms with Crippen LogP contribution in [-0.2, 0) is 0 Å². The number of halogens is 1. The molecule has 0 heterocycles. The third-order valence-electron chi connectivity index (χ3n) is 3.08. The molecule has 0 aliphatic heterocycles. The van der Waals surface area contributed by atoms with Gasteiger partial charge in [0.05, 0.1) is 5.38 Å². The Bertz CT molecular complexity index is 512. The molecular formula is C16H17Cl. The highest BCUT2D eigenvalue weighted by Crippen LogP contribution is 2.31. The summed E-state index contributed by atoms with van der Waals surface area (Å²) in [5.74, 6) is 0. The van der Waals surface area contributed by atoms with Crippen molar-refractivity contribution in [3.05, 3.63) is 70.3 Å². The van der Waals surface area contributed by atoms with Crippen molar-refractivity contribution in [3.8, 4) is 0 Å². The molecule has 0 N–H and O–H groups in total. The fourth-order valence-electron chi connectivity index (χ4n) is 1.95. The molecule has 0 aliphatic carbocycles. The first-order valence-electron chi connectivity index (χ1n) is 5.85. The van der Waals surface area contributed by atoms with Gasteiger partial charge in [0.15, 0.2) is 0 Å². The van der Waals surface area contributed by atoms with Crippen LogP contribution < -0.4 is 0 Å². The van der Waals surface area contributed by atoms with Crippen molar-refractivity contribution in [3.63, 3.8) is 0 Å². The van der Waals surface area contributed by atoms with E-state index in [1.54, 1.807) is 0 Å². The number of alkyl halides is 1. The van der Waals surface area contributed by atoms with Gasteiger partial charge in [-0.05, 0) is 37.5 Å². The van der Waals surface area contributed by atoms with Crippen molar-refractivity contribution >= 4 is 11.6 Å². The molecular weight excluding hydrogens is 228 g/mol. The van der Waals surface area contributed by atoms with E-state index in [4.69, 9.17) is 11.6 Å². The van der Waals surface area contributed by atoms with Crippen LogP contribution in [0.5, 0.6) is 0 Å². The van der Waals surface area contributed by atoms with Crippen LogP contribution >= 0.6 is 11.6 Å². The van der Waals surface area contributed by atoms with Gasteiger partial charge in [0.2, 0.25) is 0 Å². The van der Waals surface area contributed by atoms with Gasteiger partial charge in [-0.25, -0.2) is 0 Å². The van der Waals surface area contributed by atoms with E-state index in [0.717, 1.165) is 5.56 Å². The Morgan fingerprint density at radius 2 is 1.41 bits per heavy atom. The highest BCUT2D eigenvalue weighted by molar-refractivity contribution is 6.22. The molecule has 17 heavy (non-hydrogen) atoms. The maximum absolute atomic E-state index is 6.56. The van der Waals surface area contributed by atoms with E-state index in [1.807, 2.05) is 0 Å². The Labute approximate surface area is 108 Å². The summed E-state index contributed by atoms with van der Waals surface area (Å²) in [5, 5.41) is -0.0597. The van der Waals surface area contributed by atoms with Crippen LogP contribution in [0, 0.1) is 20.8 Å². The molecule has 0 saturated heterocycles. The predicted octanol–water partition coefficient (Wildman–Crippen LogP) is 4.94. The van der Waals surface area contributed by atoms with Crippen LogP contribution in [0.15, 0.2) is 42.5 Å². The second kappa shape index (κ2) is 4.93. The normalized spacial score (nSPS) is 12.5. The fraction of sp³-hybridized carbons (Fsp3) is 0.250. The second-order valence-electron chi connectivity index (χ2n) is 4.63. The third-order valence-corrected chi connectivity index (χ3v) is 3.56. The van der Waals surface area contributed by atoms with E-state index in [0.29, 0.717) is 0 Å². The van der Waals surface area contributed by atoms with Gasteiger partial charge in [0.25, 0.3) is 0 Å². The van der Waals surface area contributed by atoms with Crippen molar-refractivity contribution in [2.75, 3.05) is 0 Å². The standard InChI is InChI=1S/C16H17Cl/c1-11-5-8-14(9-6-11)16(17)15-10-12(2)4-7-13(15)3/h4-10,16H,1-3H3. The number of hydrogen-bond acceptors (Lipinski definition) is 0. The fourth-order valence-corrected chi connectivity index (χ4v) is 2.33. The first-order valence-corrected chi connectivity index (χ1v) is 6.29. The lowest BCUT2D eigenvalue weighted by Gasteiger charge is -2.14. The second-order valence-corrected chi connectivity index (χ2v) is 5.07. The highest BCUT2D eigenvalue weighted by Gasteiger charge is 2.12. The monoisotopic (exact) mass is 244 g/mol. The van der Waals surface area contributed by atoms with E-state index >= 15 is 0 Å². The van der Waals surface area contributed by atoms with Crippen LogP contribution in [0.3, 0.4) is 0 Å². The van der Waals surface area contributed by atoms with E-state index in [-0.39, 0.29) is 5.38 Å². The molecule has 1 heteroatoms. The zero-order chi connectivity index (χ0) is 12.4. The van der Waals surface area contributed by atoms with Crippen molar-refractivity contribution < 1.29 is 0 Å². The van der Waals surface area contributed by atoms with Gasteiger partial charge in [0, 0.05) is 0 Å². The lowest BCUT2D eigenvalue weighted by atomic mass is 9.97. The number of rotatable bonds is 2. The molecule has 0 radical (unpaired) electrons. The van der Waals surface area contributed by atoms with Crippen LogP contribution in [0.4, 0.5) is 0 Å². The molecule has 0 aliphatic rings. The lowest BCUT2D eigenvalue weighted by Crippen LogP contribution is -1.97. The molecule has 0 nitrogen and oxygen atoms in total. The van der Waals surface area contributed by atoms with E-state index in [2.05, 4.69) is 63.2 Å². The maximum Gasteiger partial charge on any atom is 0.0838 e. The van der Waals surface area contributed by atoms with Crippen molar-refractivity contribution in [2.24, 2.45) is 0 Å². The van der Waals surface area contributed by atoms with Crippen molar-refractivity contribution in [1.82, 2.24) is 0 Å². The van der Waals surface area contributed by atoms with Crippen LogP contribution in [-0.4, -0.2) is 0 Å².